The first-order valence-corrected chi connectivity index (χ1v) is 6.43. The zero-order valence-corrected chi connectivity index (χ0v) is 11.7. The predicted octanol–water partition coefficient (Wildman–Crippen LogP) is 3.61. The zero-order chi connectivity index (χ0) is 15.4. The first-order chi connectivity index (χ1) is 9.99. The molecule has 0 fully saturated rings. The highest BCUT2D eigenvalue weighted by molar-refractivity contribution is 5.62. The fraction of sp³-hybridized carbons (Fsp3) is 0.214. The third kappa shape index (κ3) is 3.65. The molecule has 0 spiro atoms. The van der Waals surface area contributed by atoms with Crippen LogP contribution in [-0.4, -0.2) is 16.5 Å². The second kappa shape index (κ2) is 6.17. The molecule has 0 radical (unpaired) electrons. The average molecular weight is 290 g/mol. The maximum atomic E-state index is 13.2. The van der Waals surface area contributed by atoms with Gasteiger partial charge in [0.15, 0.2) is 0 Å². The third-order valence-electron chi connectivity index (χ3n) is 2.81. The van der Waals surface area contributed by atoms with Crippen molar-refractivity contribution in [2.75, 3.05) is 17.2 Å². The van der Waals surface area contributed by atoms with E-state index in [0.717, 1.165) is 0 Å². The first-order valence-electron chi connectivity index (χ1n) is 6.43. The number of aromatic nitrogens is 1. The van der Waals surface area contributed by atoms with Crippen LogP contribution in [0.4, 0.5) is 27.4 Å². The Kier molecular flexibility index (Phi) is 4.32. The lowest BCUT2D eigenvalue weighted by Gasteiger charge is -2.09. The van der Waals surface area contributed by atoms with Crippen molar-refractivity contribution in [3.8, 4) is 0 Å². The SMILES string of the molecule is CCNc1cc([N+](=O)[O-])cc(Nc2ccc(F)c(C)c2)n1. The molecule has 0 atom stereocenters. The van der Waals surface area contributed by atoms with Crippen molar-refractivity contribution in [1.82, 2.24) is 4.98 Å². The van der Waals surface area contributed by atoms with E-state index < -0.39 is 4.92 Å². The van der Waals surface area contributed by atoms with Gasteiger partial charge in [-0.05, 0) is 37.6 Å². The standard InChI is InChI=1S/C14H15FN4O2/c1-3-16-13-7-11(19(20)21)8-14(18-13)17-10-4-5-12(15)9(2)6-10/h4-8H,3H2,1-2H3,(H2,16,17,18). The number of benzene rings is 1. The van der Waals surface area contributed by atoms with E-state index in [2.05, 4.69) is 15.6 Å². The summed E-state index contributed by atoms with van der Waals surface area (Å²) in [6, 6.07) is 7.20. The molecule has 0 bridgehead atoms. The minimum atomic E-state index is -0.483. The highest BCUT2D eigenvalue weighted by Crippen LogP contribution is 2.24. The third-order valence-corrected chi connectivity index (χ3v) is 2.81. The minimum Gasteiger partial charge on any atom is -0.370 e. The Bertz CT molecular complexity index is 676. The van der Waals surface area contributed by atoms with Crippen LogP contribution in [-0.2, 0) is 0 Å². The van der Waals surface area contributed by atoms with Crippen LogP contribution in [0.2, 0.25) is 0 Å². The number of pyridine rings is 1. The van der Waals surface area contributed by atoms with Gasteiger partial charge in [-0.3, -0.25) is 10.1 Å². The van der Waals surface area contributed by atoms with Gasteiger partial charge < -0.3 is 10.6 Å². The van der Waals surface area contributed by atoms with Gasteiger partial charge in [-0.15, -0.1) is 0 Å². The monoisotopic (exact) mass is 290 g/mol. The summed E-state index contributed by atoms with van der Waals surface area (Å²) in [6.45, 7) is 4.12. The molecule has 0 unspecified atom stereocenters. The Morgan fingerprint density at radius 1 is 1.29 bits per heavy atom. The number of nitro groups is 1. The fourth-order valence-corrected chi connectivity index (χ4v) is 1.83. The van der Waals surface area contributed by atoms with Gasteiger partial charge in [-0.1, -0.05) is 0 Å². The summed E-state index contributed by atoms with van der Waals surface area (Å²) >= 11 is 0. The molecule has 0 saturated carbocycles. The van der Waals surface area contributed by atoms with Crippen LogP contribution in [0, 0.1) is 22.9 Å². The Balaban J connectivity index is 2.33. The van der Waals surface area contributed by atoms with E-state index >= 15 is 0 Å². The van der Waals surface area contributed by atoms with Gasteiger partial charge in [-0.25, -0.2) is 9.37 Å². The van der Waals surface area contributed by atoms with E-state index in [-0.39, 0.29) is 11.5 Å². The number of halogens is 1. The van der Waals surface area contributed by atoms with Gasteiger partial charge in [0, 0.05) is 12.2 Å². The van der Waals surface area contributed by atoms with Crippen LogP contribution in [0.1, 0.15) is 12.5 Å². The van der Waals surface area contributed by atoms with E-state index in [9.17, 15) is 14.5 Å². The van der Waals surface area contributed by atoms with Crippen LogP contribution in [0.15, 0.2) is 30.3 Å². The van der Waals surface area contributed by atoms with Gasteiger partial charge >= 0.3 is 0 Å². The number of rotatable bonds is 5. The van der Waals surface area contributed by atoms with Gasteiger partial charge in [0.2, 0.25) is 0 Å². The van der Waals surface area contributed by atoms with Crippen LogP contribution in [0.5, 0.6) is 0 Å². The van der Waals surface area contributed by atoms with Crippen molar-refractivity contribution in [3.05, 3.63) is 51.8 Å². The van der Waals surface area contributed by atoms with E-state index in [1.165, 1.54) is 18.2 Å². The second-order valence-electron chi connectivity index (χ2n) is 4.47. The van der Waals surface area contributed by atoms with Crippen LogP contribution < -0.4 is 10.6 Å². The molecule has 2 rings (SSSR count). The summed E-state index contributed by atoms with van der Waals surface area (Å²) in [5.41, 5.74) is 1.03. The quantitative estimate of drug-likeness (QED) is 0.649. The molecule has 0 aliphatic rings. The van der Waals surface area contributed by atoms with Crippen molar-refractivity contribution < 1.29 is 9.31 Å². The van der Waals surface area contributed by atoms with Crippen molar-refractivity contribution in [3.63, 3.8) is 0 Å². The first kappa shape index (κ1) is 14.7. The van der Waals surface area contributed by atoms with Gasteiger partial charge in [0.25, 0.3) is 5.69 Å². The summed E-state index contributed by atoms with van der Waals surface area (Å²) in [4.78, 5) is 14.7. The molecular weight excluding hydrogens is 275 g/mol. The number of anilines is 3. The topological polar surface area (TPSA) is 80.1 Å². The van der Waals surface area contributed by atoms with Crippen LogP contribution >= 0.6 is 0 Å². The molecule has 110 valence electrons. The summed E-state index contributed by atoms with van der Waals surface area (Å²) in [5, 5.41) is 16.8. The molecule has 21 heavy (non-hydrogen) atoms. The Labute approximate surface area is 121 Å². The molecule has 0 aliphatic carbocycles. The van der Waals surface area contributed by atoms with Crippen molar-refractivity contribution in [2.24, 2.45) is 0 Å². The van der Waals surface area contributed by atoms with Gasteiger partial charge in [-0.2, -0.15) is 0 Å². The summed E-state index contributed by atoms with van der Waals surface area (Å²) < 4.78 is 13.2. The van der Waals surface area contributed by atoms with Gasteiger partial charge in [0.1, 0.15) is 17.5 Å². The Morgan fingerprint density at radius 3 is 2.62 bits per heavy atom. The summed E-state index contributed by atoms with van der Waals surface area (Å²) in [6.07, 6.45) is 0. The number of hydrogen-bond acceptors (Lipinski definition) is 5. The Hall–Kier alpha value is -2.70. The highest BCUT2D eigenvalue weighted by atomic mass is 19.1. The molecule has 1 aromatic heterocycles. The number of hydrogen-bond donors (Lipinski definition) is 2. The molecule has 0 saturated heterocycles. The molecule has 1 aromatic carbocycles. The molecule has 2 N–H and O–H groups in total. The van der Waals surface area contributed by atoms with Crippen molar-refractivity contribution in [1.29, 1.82) is 0 Å². The lowest BCUT2D eigenvalue weighted by Crippen LogP contribution is -2.03. The van der Waals surface area contributed by atoms with Crippen LogP contribution in [0.3, 0.4) is 0 Å². The average Bonchev–Trinajstić information content (AvgIpc) is 2.43. The number of nitrogens with one attached hydrogen (secondary N) is 2. The van der Waals surface area contributed by atoms with E-state index in [4.69, 9.17) is 0 Å². The summed E-state index contributed by atoms with van der Waals surface area (Å²) in [7, 11) is 0. The van der Waals surface area contributed by atoms with Crippen molar-refractivity contribution >= 4 is 23.0 Å². The lowest BCUT2D eigenvalue weighted by atomic mass is 10.2. The highest BCUT2D eigenvalue weighted by Gasteiger charge is 2.11. The summed E-state index contributed by atoms with van der Waals surface area (Å²) in [5.74, 6) is 0.431. The van der Waals surface area contributed by atoms with Gasteiger partial charge in [0.05, 0.1) is 17.1 Å². The maximum Gasteiger partial charge on any atom is 0.276 e. The molecule has 6 nitrogen and oxygen atoms in total. The van der Waals surface area contributed by atoms with Crippen molar-refractivity contribution in [2.45, 2.75) is 13.8 Å². The van der Waals surface area contributed by atoms with E-state index in [1.54, 1.807) is 19.1 Å². The second-order valence-corrected chi connectivity index (χ2v) is 4.47. The molecular formula is C14H15FN4O2. The van der Waals surface area contributed by atoms with Crippen LogP contribution in [0.25, 0.3) is 0 Å². The predicted molar refractivity (Wildman–Crippen MR) is 79.5 cm³/mol. The fourth-order valence-electron chi connectivity index (χ4n) is 1.83. The van der Waals surface area contributed by atoms with E-state index in [0.29, 0.717) is 29.4 Å². The molecule has 1 heterocycles. The van der Waals surface area contributed by atoms with E-state index in [1.807, 2.05) is 6.92 Å². The number of nitrogens with zero attached hydrogens (tertiary/aromatic N) is 2. The largest absolute Gasteiger partial charge is 0.370 e. The zero-order valence-electron chi connectivity index (χ0n) is 11.7. The smallest absolute Gasteiger partial charge is 0.276 e. The molecule has 0 aliphatic heterocycles. The Morgan fingerprint density at radius 2 is 2.00 bits per heavy atom. The number of aryl methyl sites for hydroxylation is 1. The molecule has 2 aromatic rings. The normalized spacial score (nSPS) is 10.2. The maximum absolute atomic E-state index is 13.2. The lowest BCUT2D eigenvalue weighted by molar-refractivity contribution is -0.384. The minimum absolute atomic E-state index is 0.0673. The molecule has 7 heteroatoms. The molecule has 0 amide bonds.